The molecule has 2 heterocycles. The predicted octanol–water partition coefficient (Wildman–Crippen LogP) is 4.02. The van der Waals surface area contributed by atoms with Crippen LogP contribution in [-0.4, -0.2) is 10.9 Å². The van der Waals surface area contributed by atoms with Crippen molar-refractivity contribution >= 4 is 39.4 Å². The van der Waals surface area contributed by atoms with Crippen LogP contribution in [-0.2, 0) is 6.42 Å². The van der Waals surface area contributed by atoms with E-state index in [1.165, 1.54) is 21.1 Å². The van der Waals surface area contributed by atoms with Gasteiger partial charge in [-0.3, -0.25) is 0 Å². The predicted molar refractivity (Wildman–Crippen MR) is 73.5 cm³/mol. The molecule has 5 heteroatoms. The van der Waals surface area contributed by atoms with Gasteiger partial charge in [0, 0.05) is 16.1 Å². The summed E-state index contributed by atoms with van der Waals surface area (Å²) < 4.78 is 0. The minimum Gasteiger partial charge on any atom is -0.375 e. The largest absolute Gasteiger partial charge is 0.375 e. The Balaban J connectivity index is 2.02. The number of halogens is 1. The number of thiazole rings is 1. The molecule has 0 atom stereocenters. The van der Waals surface area contributed by atoms with Gasteiger partial charge >= 0.3 is 0 Å². The van der Waals surface area contributed by atoms with Gasteiger partial charge in [-0.25, -0.2) is 4.98 Å². The van der Waals surface area contributed by atoms with E-state index < -0.39 is 0 Å². The Morgan fingerprint density at radius 2 is 2.19 bits per heavy atom. The van der Waals surface area contributed by atoms with E-state index in [1.54, 1.807) is 11.3 Å². The van der Waals surface area contributed by atoms with Crippen molar-refractivity contribution in [3.05, 3.63) is 22.4 Å². The zero-order valence-electron chi connectivity index (χ0n) is 8.78. The number of nitrogens with zero attached hydrogens (tertiary/aromatic N) is 1. The average Bonchev–Trinajstić information content (AvgIpc) is 2.87. The van der Waals surface area contributed by atoms with Gasteiger partial charge in [0.15, 0.2) is 5.13 Å². The maximum atomic E-state index is 5.65. The summed E-state index contributed by atoms with van der Waals surface area (Å²) in [5.74, 6) is 0.751. The van der Waals surface area contributed by atoms with Crippen LogP contribution in [0.15, 0.2) is 17.5 Å². The zero-order chi connectivity index (χ0) is 11.4. The number of nitrogen functional groups attached to an aromatic ring is 1. The van der Waals surface area contributed by atoms with Crippen LogP contribution in [0.2, 0.25) is 0 Å². The van der Waals surface area contributed by atoms with Crippen molar-refractivity contribution in [1.29, 1.82) is 0 Å². The van der Waals surface area contributed by atoms with Crippen LogP contribution in [0.3, 0.4) is 0 Å². The SMILES string of the molecule is Nc1nc(-c2ccc(CCCCCl)s2)cs1. The molecule has 0 bridgehead atoms. The summed E-state index contributed by atoms with van der Waals surface area (Å²) in [5, 5.41) is 2.64. The van der Waals surface area contributed by atoms with Crippen molar-refractivity contribution in [1.82, 2.24) is 4.98 Å². The van der Waals surface area contributed by atoms with Crippen molar-refractivity contribution in [3.8, 4) is 10.6 Å². The number of aromatic nitrogens is 1. The highest BCUT2D eigenvalue weighted by atomic mass is 35.5. The summed E-state index contributed by atoms with van der Waals surface area (Å²) >= 11 is 8.93. The van der Waals surface area contributed by atoms with Gasteiger partial charge in [-0.15, -0.1) is 34.3 Å². The Morgan fingerprint density at radius 3 is 2.88 bits per heavy atom. The van der Waals surface area contributed by atoms with Crippen LogP contribution in [0.1, 0.15) is 17.7 Å². The number of alkyl halides is 1. The summed E-state index contributed by atoms with van der Waals surface area (Å²) in [4.78, 5) is 6.87. The molecule has 2 aromatic heterocycles. The van der Waals surface area contributed by atoms with Crippen molar-refractivity contribution in [3.63, 3.8) is 0 Å². The molecule has 0 spiro atoms. The van der Waals surface area contributed by atoms with E-state index in [4.69, 9.17) is 17.3 Å². The number of anilines is 1. The fourth-order valence-corrected chi connectivity index (χ4v) is 3.28. The average molecular weight is 273 g/mol. The fourth-order valence-electron chi connectivity index (χ4n) is 1.44. The second kappa shape index (κ2) is 5.66. The zero-order valence-corrected chi connectivity index (χ0v) is 11.2. The highest BCUT2D eigenvalue weighted by Gasteiger charge is 2.06. The molecule has 0 saturated heterocycles. The normalized spacial score (nSPS) is 10.8. The summed E-state index contributed by atoms with van der Waals surface area (Å²) in [6.07, 6.45) is 3.35. The lowest BCUT2D eigenvalue weighted by Gasteiger charge is -1.94. The fraction of sp³-hybridized carbons (Fsp3) is 0.364. The molecule has 0 amide bonds. The lowest BCUT2D eigenvalue weighted by Crippen LogP contribution is -1.81. The molecule has 0 aromatic carbocycles. The second-order valence-electron chi connectivity index (χ2n) is 3.48. The van der Waals surface area contributed by atoms with Gasteiger partial charge in [-0.05, 0) is 31.4 Å². The first-order valence-corrected chi connectivity index (χ1v) is 7.38. The standard InChI is InChI=1S/C11H13ClN2S2/c12-6-2-1-3-8-4-5-10(16-8)9-7-15-11(13)14-9/h4-5,7H,1-3,6H2,(H2,13,14). The van der Waals surface area contributed by atoms with Crippen LogP contribution < -0.4 is 5.73 Å². The van der Waals surface area contributed by atoms with Gasteiger partial charge in [0.05, 0.1) is 10.6 Å². The van der Waals surface area contributed by atoms with E-state index in [1.807, 2.05) is 5.38 Å². The van der Waals surface area contributed by atoms with Gasteiger partial charge < -0.3 is 5.73 Å². The lowest BCUT2D eigenvalue weighted by atomic mass is 10.2. The molecule has 2 rings (SSSR count). The molecule has 0 saturated carbocycles. The summed E-state index contributed by atoms with van der Waals surface area (Å²) in [6.45, 7) is 0. The molecule has 0 fully saturated rings. The van der Waals surface area contributed by atoms with Gasteiger partial charge in [0.2, 0.25) is 0 Å². The third-order valence-corrected chi connectivity index (χ3v) is 4.35. The van der Waals surface area contributed by atoms with E-state index in [-0.39, 0.29) is 0 Å². The third kappa shape index (κ3) is 2.97. The molecule has 0 radical (unpaired) electrons. The number of hydrogen-bond acceptors (Lipinski definition) is 4. The highest BCUT2D eigenvalue weighted by molar-refractivity contribution is 7.16. The summed E-state index contributed by atoms with van der Waals surface area (Å²) in [5.41, 5.74) is 6.61. The summed E-state index contributed by atoms with van der Waals surface area (Å²) in [7, 11) is 0. The van der Waals surface area contributed by atoms with E-state index >= 15 is 0 Å². The second-order valence-corrected chi connectivity index (χ2v) is 5.92. The molecule has 2 aromatic rings. The maximum Gasteiger partial charge on any atom is 0.180 e. The Morgan fingerprint density at radius 1 is 1.31 bits per heavy atom. The van der Waals surface area contributed by atoms with Gasteiger partial charge in [0.25, 0.3) is 0 Å². The van der Waals surface area contributed by atoms with E-state index in [0.717, 1.165) is 30.8 Å². The number of nitrogens with two attached hydrogens (primary N) is 1. The Kier molecular flexibility index (Phi) is 4.21. The number of rotatable bonds is 5. The van der Waals surface area contributed by atoms with E-state index in [2.05, 4.69) is 17.1 Å². The number of hydrogen-bond donors (Lipinski definition) is 1. The molecule has 0 unspecified atom stereocenters. The van der Waals surface area contributed by atoms with E-state index in [0.29, 0.717) is 5.13 Å². The van der Waals surface area contributed by atoms with Crippen LogP contribution >= 0.6 is 34.3 Å². The van der Waals surface area contributed by atoms with Crippen molar-refractivity contribution in [2.24, 2.45) is 0 Å². The highest BCUT2D eigenvalue weighted by Crippen LogP contribution is 2.30. The number of thiophene rings is 1. The molecule has 16 heavy (non-hydrogen) atoms. The van der Waals surface area contributed by atoms with Crippen LogP contribution in [0, 0.1) is 0 Å². The number of unbranched alkanes of at least 4 members (excludes halogenated alkanes) is 1. The smallest absolute Gasteiger partial charge is 0.180 e. The van der Waals surface area contributed by atoms with E-state index in [9.17, 15) is 0 Å². The first-order chi connectivity index (χ1) is 7.79. The van der Waals surface area contributed by atoms with Crippen molar-refractivity contribution in [2.75, 3.05) is 11.6 Å². The topological polar surface area (TPSA) is 38.9 Å². The van der Waals surface area contributed by atoms with Crippen LogP contribution in [0.5, 0.6) is 0 Å². The third-order valence-electron chi connectivity index (χ3n) is 2.24. The first kappa shape index (κ1) is 11.9. The van der Waals surface area contributed by atoms with Gasteiger partial charge in [-0.1, -0.05) is 0 Å². The molecule has 86 valence electrons. The quantitative estimate of drug-likeness (QED) is 0.660. The number of aryl methyl sites for hydroxylation is 1. The van der Waals surface area contributed by atoms with Gasteiger partial charge in [-0.2, -0.15) is 0 Å². The van der Waals surface area contributed by atoms with Crippen LogP contribution in [0.25, 0.3) is 10.6 Å². The maximum absolute atomic E-state index is 5.65. The minimum absolute atomic E-state index is 0.632. The minimum atomic E-state index is 0.632. The molecule has 0 aliphatic rings. The molecule has 0 aliphatic heterocycles. The molecular formula is C11H13ClN2S2. The molecular weight excluding hydrogens is 260 g/mol. The monoisotopic (exact) mass is 272 g/mol. The molecule has 0 aliphatic carbocycles. The molecule has 2 nitrogen and oxygen atoms in total. The van der Waals surface area contributed by atoms with Crippen molar-refractivity contribution in [2.45, 2.75) is 19.3 Å². The Labute approximate surface area is 108 Å². The van der Waals surface area contributed by atoms with Gasteiger partial charge in [0.1, 0.15) is 0 Å². The van der Waals surface area contributed by atoms with Crippen LogP contribution in [0.4, 0.5) is 5.13 Å². The first-order valence-electron chi connectivity index (χ1n) is 5.15. The lowest BCUT2D eigenvalue weighted by molar-refractivity contribution is 0.809. The summed E-state index contributed by atoms with van der Waals surface area (Å²) in [6, 6.07) is 4.29. The Hall–Kier alpha value is -0.580. The molecule has 2 N–H and O–H groups in total. The van der Waals surface area contributed by atoms with Crippen molar-refractivity contribution < 1.29 is 0 Å². The Bertz CT molecular complexity index is 450.